The van der Waals surface area contributed by atoms with Crippen molar-refractivity contribution in [2.45, 2.75) is 13.0 Å². The second-order valence-electron chi connectivity index (χ2n) is 3.95. The van der Waals surface area contributed by atoms with E-state index in [-0.39, 0.29) is 5.88 Å². The van der Waals surface area contributed by atoms with Gasteiger partial charge in [-0.05, 0) is 23.8 Å². The summed E-state index contributed by atoms with van der Waals surface area (Å²) < 4.78 is 0. The van der Waals surface area contributed by atoms with Crippen LogP contribution < -0.4 is 5.32 Å². The fraction of sp³-hybridized carbons (Fsp3) is 0.364. The van der Waals surface area contributed by atoms with Gasteiger partial charge in [0.25, 0.3) is 0 Å². The third kappa shape index (κ3) is 2.96. The Morgan fingerprint density at radius 1 is 1.50 bits per heavy atom. The standard InChI is InChI=1S/C11H14ClN5O/c1-7-2-3-8(11-14-16-17-15-11)4-10(7)13-6-9(18)5-12/h2-4,9,13,18H,5-6H2,1H3,(H,14,15,16,17). The molecule has 1 heterocycles. The third-order valence-electron chi connectivity index (χ3n) is 2.55. The van der Waals surface area contributed by atoms with Crippen molar-refractivity contribution in [3.05, 3.63) is 23.8 Å². The number of rotatable bonds is 5. The van der Waals surface area contributed by atoms with Gasteiger partial charge in [-0.25, -0.2) is 0 Å². The summed E-state index contributed by atoms with van der Waals surface area (Å²) in [5, 5.41) is 26.4. The van der Waals surface area contributed by atoms with Crippen molar-refractivity contribution in [2.75, 3.05) is 17.7 Å². The molecule has 0 aliphatic carbocycles. The molecule has 0 amide bonds. The number of aromatic amines is 1. The molecular formula is C11H14ClN5O. The van der Waals surface area contributed by atoms with Crippen LogP contribution in [0.1, 0.15) is 5.56 Å². The van der Waals surface area contributed by atoms with Crippen LogP contribution in [0.3, 0.4) is 0 Å². The van der Waals surface area contributed by atoms with E-state index in [1.165, 1.54) is 0 Å². The molecule has 0 saturated heterocycles. The van der Waals surface area contributed by atoms with E-state index in [0.717, 1.165) is 16.8 Å². The zero-order valence-electron chi connectivity index (χ0n) is 9.89. The summed E-state index contributed by atoms with van der Waals surface area (Å²) in [4.78, 5) is 0. The minimum Gasteiger partial charge on any atom is -0.390 e. The summed E-state index contributed by atoms with van der Waals surface area (Å²) in [6, 6.07) is 5.80. The Morgan fingerprint density at radius 3 is 3.00 bits per heavy atom. The van der Waals surface area contributed by atoms with Gasteiger partial charge in [-0.1, -0.05) is 12.1 Å². The van der Waals surface area contributed by atoms with Crippen LogP contribution in [-0.2, 0) is 0 Å². The molecular weight excluding hydrogens is 254 g/mol. The second-order valence-corrected chi connectivity index (χ2v) is 4.26. The average Bonchev–Trinajstić information content (AvgIpc) is 2.91. The molecule has 18 heavy (non-hydrogen) atoms. The van der Waals surface area contributed by atoms with Gasteiger partial charge in [0.15, 0.2) is 0 Å². The molecule has 7 heteroatoms. The number of benzene rings is 1. The van der Waals surface area contributed by atoms with Crippen LogP contribution in [0.2, 0.25) is 0 Å². The van der Waals surface area contributed by atoms with Crippen molar-refractivity contribution in [3.8, 4) is 11.4 Å². The van der Waals surface area contributed by atoms with Crippen LogP contribution in [0.4, 0.5) is 5.69 Å². The maximum Gasteiger partial charge on any atom is 0.204 e. The first-order chi connectivity index (χ1) is 8.70. The molecule has 1 aromatic carbocycles. The van der Waals surface area contributed by atoms with E-state index >= 15 is 0 Å². The molecule has 0 bridgehead atoms. The summed E-state index contributed by atoms with van der Waals surface area (Å²) in [7, 11) is 0. The van der Waals surface area contributed by atoms with E-state index in [2.05, 4.69) is 25.9 Å². The summed E-state index contributed by atoms with van der Waals surface area (Å²) in [6.45, 7) is 2.38. The lowest BCUT2D eigenvalue weighted by atomic mass is 10.1. The number of hydrogen-bond donors (Lipinski definition) is 3. The molecule has 1 aromatic heterocycles. The van der Waals surface area contributed by atoms with Gasteiger partial charge in [-0.2, -0.15) is 5.21 Å². The molecule has 1 atom stereocenters. The lowest BCUT2D eigenvalue weighted by molar-refractivity contribution is 0.211. The molecule has 0 fully saturated rings. The van der Waals surface area contributed by atoms with E-state index in [0.29, 0.717) is 12.4 Å². The lowest BCUT2D eigenvalue weighted by Crippen LogP contribution is -2.21. The van der Waals surface area contributed by atoms with Gasteiger partial charge in [0.1, 0.15) is 0 Å². The van der Waals surface area contributed by atoms with Crippen molar-refractivity contribution in [2.24, 2.45) is 0 Å². The molecule has 2 aromatic rings. The molecule has 0 radical (unpaired) electrons. The first kappa shape index (κ1) is 12.8. The van der Waals surface area contributed by atoms with Crippen molar-refractivity contribution >= 4 is 17.3 Å². The second kappa shape index (κ2) is 5.79. The Labute approximate surface area is 109 Å². The van der Waals surface area contributed by atoms with E-state index in [1.54, 1.807) is 0 Å². The summed E-state index contributed by atoms with van der Waals surface area (Å²) >= 11 is 5.55. The van der Waals surface area contributed by atoms with Gasteiger partial charge < -0.3 is 10.4 Å². The zero-order chi connectivity index (χ0) is 13.0. The molecule has 96 valence electrons. The van der Waals surface area contributed by atoms with Gasteiger partial charge in [0.05, 0.1) is 12.0 Å². The van der Waals surface area contributed by atoms with E-state index in [4.69, 9.17) is 11.6 Å². The van der Waals surface area contributed by atoms with Gasteiger partial charge in [-0.15, -0.1) is 21.8 Å². The van der Waals surface area contributed by atoms with Crippen LogP contribution >= 0.6 is 11.6 Å². The number of aryl methyl sites for hydroxylation is 1. The van der Waals surface area contributed by atoms with Crippen LogP contribution in [0, 0.1) is 6.92 Å². The predicted molar refractivity (Wildman–Crippen MR) is 69.6 cm³/mol. The van der Waals surface area contributed by atoms with E-state index in [9.17, 15) is 5.11 Å². The number of nitrogens with zero attached hydrogens (tertiary/aromatic N) is 3. The molecule has 0 saturated carbocycles. The molecule has 0 aliphatic heterocycles. The maximum absolute atomic E-state index is 9.43. The van der Waals surface area contributed by atoms with E-state index in [1.807, 2.05) is 25.1 Å². The molecule has 3 N–H and O–H groups in total. The zero-order valence-corrected chi connectivity index (χ0v) is 10.6. The van der Waals surface area contributed by atoms with Crippen LogP contribution in [-0.4, -0.2) is 44.3 Å². The topological polar surface area (TPSA) is 86.7 Å². The fourth-order valence-corrected chi connectivity index (χ4v) is 1.63. The predicted octanol–water partition coefficient (Wildman–Crippen LogP) is 1.19. The quantitative estimate of drug-likeness (QED) is 0.709. The third-order valence-corrected chi connectivity index (χ3v) is 2.90. The first-order valence-electron chi connectivity index (χ1n) is 5.53. The highest BCUT2D eigenvalue weighted by Gasteiger charge is 2.07. The average molecular weight is 268 g/mol. The lowest BCUT2D eigenvalue weighted by Gasteiger charge is -2.13. The van der Waals surface area contributed by atoms with Crippen molar-refractivity contribution in [1.29, 1.82) is 0 Å². The molecule has 0 aliphatic rings. The minimum absolute atomic E-state index is 0.205. The number of anilines is 1. The first-order valence-corrected chi connectivity index (χ1v) is 6.06. The SMILES string of the molecule is Cc1ccc(-c2nn[nH]n2)cc1NCC(O)CCl. The normalized spacial score (nSPS) is 12.4. The molecule has 6 nitrogen and oxygen atoms in total. The van der Waals surface area contributed by atoms with Crippen LogP contribution in [0.15, 0.2) is 18.2 Å². The Balaban J connectivity index is 2.17. The van der Waals surface area contributed by atoms with Crippen molar-refractivity contribution in [3.63, 3.8) is 0 Å². The van der Waals surface area contributed by atoms with Gasteiger partial charge >= 0.3 is 0 Å². The number of aliphatic hydroxyl groups is 1. The number of H-pyrrole nitrogens is 1. The summed E-state index contributed by atoms with van der Waals surface area (Å²) in [5.41, 5.74) is 2.85. The number of tetrazole rings is 1. The number of hydrogen-bond acceptors (Lipinski definition) is 5. The Morgan fingerprint density at radius 2 is 2.33 bits per heavy atom. The Hall–Kier alpha value is -1.66. The number of aromatic nitrogens is 4. The smallest absolute Gasteiger partial charge is 0.204 e. The molecule has 1 unspecified atom stereocenters. The highest BCUT2D eigenvalue weighted by molar-refractivity contribution is 6.18. The number of alkyl halides is 1. The highest BCUT2D eigenvalue weighted by Crippen LogP contribution is 2.22. The van der Waals surface area contributed by atoms with Crippen LogP contribution in [0.5, 0.6) is 0 Å². The fourth-order valence-electron chi connectivity index (χ4n) is 1.52. The Kier molecular flexibility index (Phi) is 4.11. The summed E-state index contributed by atoms with van der Waals surface area (Å²) in [6.07, 6.45) is -0.570. The number of halogens is 1. The summed E-state index contributed by atoms with van der Waals surface area (Å²) in [5.74, 6) is 0.743. The Bertz CT molecular complexity index is 502. The van der Waals surface area contributed by atoms with Crippen LogP contribution in [0.25, 0.3) is 11.4 Å². The highest BCUT2D eigenvalue weighted by atomic mass is 35.5. The monoisotopic (exact) mass is 267 g/mol. The minimum atomic E-state index is -0.570. The van der Waals surface area contributed by atoms with Gasteiger partial charge in [-0.3, -0.25) is 0 Å². The van der Waals surface area contributed by atoms with Gasteiger partial charge in [0.2, 0.25) is 5.82 Å². The van der Waals surface area contributed by atoms with Crippen molar-refractivity contribution in [1.82, 2.24) is 20.6 Å². The maximum atomic E-state index is 9.43. The number of nitrogens with one attached hydrogen (secondary N) is 2. The molecule has 0 spiro atoms. The van der Waals surface area contributed by atoms with Crippen molar-refractivity contribution < 1.29 is 5.11 Å². The largest absolute Gasteiger partial charge is 0.390 e. The van der Waals surface area contributed by atoms with E-state index < -0.39 is 6.10 Å². The van der Waals surface area contributed by atoms with Gasteiger partial charge in [0, 0.05) is 17.8 Å². The number of aliphatic hydroxyl groups excluding tert-OH is 1. The molecule has 2 rings (SSSR count).